The molecule has 0 saturated heterocycles. The number of benzene rings is 1. The molecule has 0 aliphatic carbocycles. The van der Waals surface area contributed by atoms with Crippen LogP contribution in [0.2, 0.25) is 5.02 Å². The number of ether oxygens (including phenoxy) is 1. The van der Waals surface area contributed by atoms with Crippen molar-refractivity contribution in [1.29, 1.82) is 0 Å². The van der Waals surface area contributed by atoms with E-state index in [4.69, 9.17) is 22.1 Å². The van der Waals surface area contributed by atoms with Crippen LogP contribution in [0.15, 0.2) is 30.3 Å². The highest BCUT2D eigenvalue weighted by Gasteiger charge is 2.04. The molecule has 2 N–H and O–H groups in total. The topological polar surface area (TPSA) is 61.0 Å². The molecule has 1 aromatic heterocycles. The second-order valence-electron chi connectivity index (χ2n) is 3.30. The number of hydrogen-bond donors (Lipinski definition) is 1. The summed E-state index contributed by atoms with van der Waals surface area (Å²) in [5.74, 6) is 0.866. The van der Waals surface area contributed by atoms with Crippen molar-refractivity contribution in [2.24, 2.45) is 0 Å². The molecule has 1 heterocycles. The van der Waals surface area contributed by atoms with E-state index in [2.05, 4.69) is 10.2 Å². The van der Waals surface area contributed by atoms with Gasteiger partial charge in [-0.1, -0.05) is 11.6 Å². The van der Waals surface area contributed by atoms with Gasteiger partial charge in [-0.25, -0.2) is 0 Å². The van der Waals surface area contributed by atoms with E-state index in [0.29, 0.717) is 22.3 Å². The summed E-state index contributed by atoms with van der Waals surface area (Å²) in [6.45, 7) is 1.85. The van der Waals surface area contributed by atoms with Crippen molar-refractivity contribution in [2.45, 2.75) is 6.92 Å². The van der Waals surface area contributed by atoms with Crippen LogP contribution in [0.3, 0.4) is 0 Å². The van der Waals surface area contributed by atoms with Gasteiger partial charge in [-0.05, 0) is 25.1 Å². The summed E-state index contributed by atoms with van der Waals surface area (Å²) >= 11 is 5.84. The Hall–Kier alpha value is -1.81. The standard InChI is InChI=1S/C11H10ClN3O/c1-7-2-5-11(15-14-7)16-10-6-8(12)3-4-9(10)13/h2-6H,13H2,1H3. The highest BCUT2D eigenvalue weighted by atomic mass is 35.5. The minimum absolute atomic E-state index is 0.388. The van der Waals surface area contributed by atoms with Gasteiger partial charge in [0.1, 0.15) is 0 Å². The number of rotatable bonds is 2. The number of aryl methyl sites for hydroxylation is 1. The van der Waals surface area contributed by atoms with Crippen LogP contribution < -0.4 is 10.5 Å². The van der Waals surface area contributed by atoms with E-state index in [1.807, 2.05) is 13.0 Å². The fraction of sp³-hybridized carbons (Fsp3) is 0.0909. The molecule has 0 radical (unpaired) electrons. The second kappa shape index (κ2) is 4.37. The lowest BCUT2D eigenvalue weighted by atomic mass is 10.3. The van der Waals surface area contributed by atoms with Crippen molar-refractivity contribution in [3.63, 3.8) is 0 Å². The third-order valence-electron chi connectivity index (χ3n) is 1.96. The van der Waals surface area contributed by atoms with E-state index in [-0.39, 0.29) is 0 Å². The van der Waals surface area contributed by atoms with Gasteiger partial charge < -0.3 is 10.5 Å². The molecule has 4 nitrogen and oxygen atoms in total. The molecule has 0 saturated carbocycles. The average Bonchev–Trinajstić information content (AvgIpc) is 2.27. The third kappa shape index (κ3) is 2.41. The first-order chi connectivity index (χ1) is 7.65. The number of anilines is 1. The van der Waals surface area contributed by atoms with Crippen LogP contribution in [-0.4, -0.2) is 10.2 Å². The first-order valence-corrected chi connectivity index (χ1v) is 5.06. The summed E-state index contributed by atoms with van der Waals surface area (Å²) in [6.07, 6.45) is 0. The molecule has 16 heavy (non-hydrogen) atoms. The smallest absolute Gasteiger partial charge is 0.238 e. The predicted octanol–water partition coefficient (Wildman–Crippen LogP) is 2.81. The van der Waals surface area contributed by atoms with Gasteiger partial charge >= 0.3 is 0 Å². The predicted molar refractivity (Wildman–Crippen MR) is 62.7 cm³/mol. The molecule has 0 bridgehead atoms. The molecule has 1 aromatic carbocycles. The average molecular weight is 236 g/mol. The lowest BCUT2D eigenvalue weighted by Gasteiger charge is -2.07. The molecule has 0 fully saturated rings. The molecule has 0 unspecified atom stereocenters. The zero-order chi connectivity index (χ0) is 11.5. The van der Waals surface area contributed by atoms with Gasteiger partial charge in [0.2, 0.25) is 5.88 Å². The molecule has 0 aliphatic rings. The number of nitrogen functional groups attached to an aromatic ring is 1. The Morgan fingerprint density at radius 1 is 1.19 bits per heavy atom. The summed E-state index contributed by atoms with van der Waals surface area (Å²) in [4.78, 5) is 0. The van der Waals surface area contributed by atoms with Crippen molar-refractivity contribution in [3.05, 3.63) is 41.0 Å². The summed E-state index contributed by atoms with van der Waals surface area (Å²) in [7, 11) is 0. The minimum Gasteiger partial charge on any atom is -0.435 e. The molecule has 2 rings (SSSR count). The van der Waals surface area contributed by atoms with Crippen molar-refractivity contribution in [1.82, 2.24) is 10.2 Å². The van der Waals surface area contributed by atoms with Crippen LogP contribution in [0.1, 0.15) is 5.69 Å². The fourth-order valence-electron chi connectivity index (χ4n) is 1.15. The van der Waals surface area contributed by atoms with Gasteiger partial charge in [0.05, 0.1) is 11.4 Å². The van der Waals surface area contributed by atoms with Crippen molar-refractivity contribution >= 4 is 17.3 Å². The second-order valence-corrected chi connectivity index (χ2v) is 3.73. The van der Waals surface area contributed by atoms with Gasteiger partial charge in [0.15, 0.2) is 5.75 Å². The highest BCUT2D eigenvalue weighted by molar-refractivity contribution is 6.30. The van der Waals surface area contributed by atoms with Gasteiger partial charge in [-0.2, -0.15) is 5.10 Å². The molecule has 2 aromatic rings. The quantitative estimate of drug-likeness (QED) is 0.813. The summed E-state index contributed by atoms with van der Waals surface area (Å²) in [5, 5.41) is 8.31. The molecule has 0 spiro atoms. The van der Waals surface area contributed by atoms with Crippen LogP contribution in [0.5, 0.6) is 11.6 Å². The Labute approximate surface area is 98.0 Å². The zero-order valence-electron chi connectivity index (χ0n) is 8.64. The maximum atomic E-state index is 5.84. The van der Waals surface area contributed by atoms with Crippen molar-refractivity contribution < 1.29 is 4.74 Å². The maximum absolute atomic E-state index is 5.84. The van der Waals surface area contributed by atoms with Crippen LogP contribution in [0.25, 0.3) is 0 Å². The lowest BCUT2D eigenvalue weighted by molar-refractivity contribution is 0.456. The summed E-state index contributed by atoms with van der Waals surface area (Å²) < 4.78 is 5.46. The molecule has 5 heteroatoms. The van der Waals surface area contributed by atoms with E-state index in [1.54, 1.807) is 24.3 Å². The van der Waals surface area contributed by atoms with Gasteiger partial charge in [-0.3, -0.25) is 0 Å². The Balaban J connectivity index is 2.26. The number of nitrogens with zero attached hydrogens (tertiary/aromatic N) is 2. The van der Waals surface area contributed by atoms with Crippen LogP contribution >= 0.6 is 11.6 Å². The number of hydrogen-bond acceptors (Lipinski definition) is 4. The van der Waals surface area contributed by atoms with Crippen LogP contribution in [0.4, 0.5) is 5.69 Å². The van der Waals surface area contributed by atoms with Gasteiger partial charge in [0, 0.05) is 17.2 Å². The molecular formula is C11H10ClN3O. The Bertz CT molecular complexity index is 499. The first kappa shape index (κ1) is 10.7. The normalized spacial score (nSPS) is 10.1. The third-order valence-corrected chi connectivity index (χ3v) is 2.20. The molecule has 0 aliphatic heterocycles. The molecule has 0 amide bonds. The largest absolute Gasteiger partial charge is 0.435 e. The highest BCUT2D eigenvalue weighted by Crippen LogP contribution is 2.28. The van der Waals surface area contributed by atoms with Crippen LogP contribution in [0, 0.1) is 6.92 Å². The minimum atomic E-state index is 0.388. The van der Waals surface area contributed by atoms with E-state index < -0.39 is 0 Å². The van der Waals surface area contributed by atoms with E-state index in [1.165, 1.54) is 0 Å². The first-order valence-electron chi connectivity index (χ1n) is 4.68. The monoisotopic (exact) mass is 235 g/mol. The number of halogens is 1. The number of aromatic nitrogens is 2. The molecule has 0 atom stereocenters. The van der Waals surface area contributed by atoms with Crippen LogP contribution in [-0.2, 0) is 0 Å². The Morgan fingerprint density at radius 2 is 2.00 bits per heavy atom. The van der Waals surface area contributed by atoms with E-state index in [0.717, 1.165) is 5.69 Å². The lowest BCUT2D eigenvalue weighted by Crippen LogP contribution is -1.95. The van der Waals surface area contributed by atoms with E-state index >= 15 is 0 Å². The van der Waals surface area contributed by atoms with Crippen molar-refractivity contribution in [3.8, 4) is 11.6 Å². The van der Waals surface area contributed by atoms with E-state index in [9.17, 15) is 0 Å². The fourth-order valence-corrected chi connectivity index (χ4v) is 1.31. The SMILES string of the molecule is Cc1ccc(Oc2cc(Cl)ccc2N)nn1. The molecule has 82 valence electrons. The Morgan fingerprint density at radius 3 is 2.69 bits per heavy atom. The van der Waals surface area contributed by atoms with Gasteiger partial charge in [-0.15, -0.1) is 5.10 Å². The summed E-state index contributed by atoms with van der Waals surface area (Å²) in [5.41, 5.74) is 7.07. The molecular weight excluding hydrogens is 226 g/mol. The van der Waals surface area contributed by atoms with Gasteiger partial charge in [0.25, 0.3) is 0 Å². The summed E-state index contributed by atoms with van der Waals surface area (Å²) in [6, 6.07) is 8.55. The van der Waals surface area contributed by atoms with Crippen molar-refractivity contribution in [2.75, 3.05) is 5.73 Å². The Kier molecular flexibility index (Phi) is 2.92. The zero-order valence-corrected chi connectivity index (χ0v) is 9.40. The maximum Gasteiger partial charge on any atom is 0.238 e. The number of nitrogens with two attached hydrogens (primary N) is 1.